The Balaban J connectivity index is 1.39. The zero-order valence-electron chi connectivity index (χ0n) is 20.6. The van der Waals surface area contributed by atoms with Crippen molar-refractivity contribution in [2.45, 2.75) is 10.5 Å². The monoisotopic (exact) mass is 536 g/mol. The molecule has 0 aliphatic carbocycles. The molecule has 1 amide bonds. The van der Waals surface area contributed by atoms with E-state index in [9.17, 15) is 18.3 Å². The van der Waals surface area contributed by atoms with E-state index in [1.54, 1.807) is 91.0 Å². The number of carbonyl (C=O) groups excluding carboxylic acids is 1. The topological polar surface area (TPSA) is 105 Å². The second-order valence-electron chi connectivity index (χ2n) is 8.73. The van der Waals surface area contributed by atoms with Crippen molar-refractivity contribution in [2.24, 2.45) is 5.10 Å². The van der Waals surface area contributed by atoms with Crippen LogP contribution < -0.4 is 9.61 Å². The van der Waals surface area contributed by atoms with E-state index in [4.69, 9.17) is 4.18 Å². The number of amides is 1. The predicted molar refractivity (Wildman–Crippen MR) is 150 cm³/mol. The quantitative estimate of drug-likeness (QED) is 0.165. The molecule has 2 N–H and O–H groups in total. The molecule has 39 heavy (non-hydrogen) atoms. The number of carbonyl (C=O) groups is 1. The van der Waals surface area contributed by atoms with E-state index < -0.39 is 21.6 Å². The molecule has 0 unspecified atom stereocenters. The summed E-state index contributed by atoms with van der Waals surface area (Å²) in [4.78, 5) is 13.3. The van der Waals surface area contributed by atoms with E-state index in [0.29, 0.717) is 16.7 Å². The number of nitrogens with one attached hydrogen (secondary N) is 1. The molecule has 0 aliphatic rings. The second kappa shape index (κ2) is 10.9. The van der Waals surface area contributed by atoms with Crippen molar-refractivity contribution < 1.29 is 22.5 Å². The van der Waals surface area contributed by atoms with Crippen LogP contribution in [-0.4, -0.2) is 25.6 Å². The second-order valence-corrected chi connectivity index (χ2v) is 10.3. The van der Waals surface area contributed by atoms with Gasteiger partial charge in [-0.15, -0.1) is 0 Å². The Morgan fingerprint density at radius 2 is 1.31 bits per heavy atom. The number of hydrogen-bond acceptors (Lipinski definition) is 6. The van der Waals surface area contributed by atoms with Crippen LogP contribution in [0, 0.1) is 0 Å². The van der Waals surface area contributed by atoms with Crippen molar-refractivity contribution in [3.05, 3.63) is 144 Å². The average molecular weight is 537 g/mol. The molecule has 0 heterocycles. The van der Waals surface area contributed by atoms with Crippen LogP contribution in [0.1, 0.15) is 16.7 Å². The maximum absolute atomic E-state index is 13.3. The van der Waals surface area contributed by atoms with Gasteiger partial charge >= 0.3 is 10.1 Å². The molecular weight excluding hydrogens is 512 g/mol. The summed E-state index contributed by atoms with van der Waals surface area (Å²) >= 11 is 0. The highest BCUT2D eigenvalue weighted by Crippen LogP contribution is 2.30. The number of hydrazone groups is 1. The molecule has 5 rings (SSSR count). The third kappa shape index (κ3) is 5.43. The summed E-state index contributed by atoms with van der Waals surface area (Å²) < 4.78 is 31.6. The SMILES string of the molecule is O=C(N/N=C/c1ccccc1OS(=O)(=O)c1ccc2ccccc2c1)C(O)(c1ccccc1)c1ccccc1. The first-order valence-electron chi connectivity index (χ1n) is 12.1. The van der Waals surface area contributed by atoms with Gasteiger partial charge in [0, 0.05) is 5.56 Å². The Bertz CT molecular complexity index is 1710. The highest BCUT2D eigenvalue weighted by atomic mass is 32.2. The number of rotatable bonds is 8. The zero-order valence-corrected chi connectivity index (χ0v) is 21.5. The standard InChI is InChI=1S/C31H24N2O5S/c34-30(31(35,26-14-3-1-4-15-26)27-16-5-2-6-17-27)33-32-22-25-13-9-10-18-29(25)38-39(36,37)28-20-19-23-11-7-8-12-24(23)21-28/h1-22,35H,(H,33,34)/b32-22+. The molecule has 5 aromatic rings. The summed E-state index contributed by atoms with van der Waals surface area (Å²) in [6.45, 7) is 0. The number of nitrogens with zero attached hydrogens (tertiary/aromatic N) is 1. The van der Waals surface area contributed by atoms with Crippen molar-refractivity contribution >= 4 is 33.0 Å². The van der Waals surface area contributed by atoms with Gasteiger partial charge in [-0.1, -0.05) is 103 Å². The molecule has 0 aliphatic heterocycles. The number of aliphatic hydroxyl groups is 1. The number of hydrogen-bond donors (Lipinski definition) is 2. The molecule has 0 bridgehead atoms. The maximum atomic E-state index is 13.3. The summed E-state index contributed by atoms with van der Waals surface area (Å²) in [6.07, 6.45) is 1.26. The minimum absolute atomic E-state index is 0.0111. The molecule has 7 nitrogen and oxygen atoms in total. The maximum Gasteiger partial charge on any atom is 0.339 e. The van der Waals surface area contributed by atoms with E-state index in [2.05, 4.69) is 10.5 Å². The smallest absolute Gasteiger partial charge is 0.339 e. The van der Waals surface area contributed by atoms with Gasteiger partial charge in [-0.2, -0.15) is 13.5 Å². The summed E-state index contributed by atoms with van der Waals surface area (Å²) in [5.41, 5.74) is 1.43. The van der Waals surface area contributed by atoms with Gasteiger partial charge in [0.1, 0.15) is 4.90 Å². The molecule has 8 heteroatoms. The molecule has 0 radical (unpaired) electrons. The average Bonchev–Trinajstić information content (AvgIpc) is 2.98. The normalized spacial score (nSPS) is 11.9. The Morgan fingerprint density at radius 3 is 1.97 bits per heavy atom. The molecule has 0 atom stereocenters. The van der Waals surface area contributed by atoms with E-state index in [0.717, 1.165) is 10.8 Å². The largest absolute Gasteiger partial charge is 0.378 e. The summed E-state index contributed by atoms with van der Waals surface area (Å²) in [7, 11) is -4.15. The third-order valence-electron chi connectivity index (χ3n) is 6.21. The van der Waals surface area contributed by atoms with Crippen LogP contribution in [-0.2, 0) is 20.5 Å². The molecule has 0 saturated heterocycles. The van der Waals surface area contributed by atoms with Gasteiger partial charge in [0.25, 0.3) is 5.91 Å². The van der Waals surface area contributed by atoms with E-state index in [1.165, 1.54) is 18.3 Å². The summed E-state index contributed by atoms with van der Waals surface area (Å²) in [5.74, 6) is -0.747. The van der Waals surface area contributed by atoms with Crippen LogP contribution in [0.2, 0.25) is 0 Å². The molecule has 5 aromatic carbocycles. The van der Waals surface area contributed by atoms with Gasteiger partial charge < -0.3 is 9.29 Å². The van der Waals surface area contributed by atoms with Crippen LogP contribution in [0.4, 0.5) is 0 Å². The Labute approximate surface area is 226 Å². The first-order chi connectivity index (χ1) is 18.9. The van der Waals surface area contributed by atoms with Gasteiger partial charge in [-0.3, -0.25) is 4.79 Å². The van der Waals surface area contributed by atoms with Crippen molar-refractivity contribution in [3.8, 4) is 5.75 Å². The highest BCUT2D eigenvalue weighted by molar-refractivity contribution is 7.87. The van der Waals surface area contributed by atoms with Gasteiger partial charge in [0.15, 0.2) is 11.4 Å². The lowest BCUT2D eigenvalue weighted by Crippen LogP contribution is -2.43. The molecule has 0 aromatic heterocycles. The fraction of sp³-hybridized carbons (Fsp3) is 0.0323. The lowest BCUT2D eigenvalue weighted by molar-refractivity contribution is -0.136. The van der Waals surface area contributed by atoms with E-state index in [1.807, 2.05) is 24.3 Å². The van der Waals surface area contributed by atoms with Crippen molar-refractivity contribution in [3.63, 3.8) is 0 Å². The molecule has 0 saturated carbocycles. The minimum atomic E-state index is -4.15. The van der Waals surface area contributed by atoms with Gasteiger partial charge in [0.2, 0.25) is 0 Å². The van der Waals surface area contributed by atoms with Crippen LogP contribution in [0.15, 0.2) is 137 Å². The fourth-order valence-electron chi connectivity index (χ4n) is 4.18. The van der Waals surface area contributed by atoms with Crippen LogP contribution in [0.25, 0.3) is 10.8 Å². The lowest BCUT2D eigenvalue weighted by atomic mass is 9.85. The van der Waals surface area contributed by atoms with Crippen molar-refractivity contribution in [1.82, 2.24) is 5.43 Å². The lowest BCUT2D eigenvalue weighted by Gasteiger charge is -2.27. The highest BCUT2D eigenvalue weighted by Gasteiger charge is 2.39. The summed E-state index contributed by atoms with van der Waals surface area (Å²) in [6, 6.07) is 35.7. The van der Waals surface area contributed by atoms with Crippen LogP contribution in [0.3, 0.4) is 0 Å². The van der Waals surface area contributed by atoms with Gasteiger partial charge in [-0.25, -0.2) is 5.43 Å². The fourth-order valence-corrected chi connectivity index (χ4v) is 5.17. The molecule has 194 valence electrons. The van der Waals surface area contributed by atoms with E-state index >= 15 is 0 Å². The third-order valence-corrected chi connectivity index (χ3v) is 7.44. The molecular formula is C31H24N2O5S. The first kappa shape index (κ1) is 25.8. The summed E-state index contributed by atoms with van der Waals surface area (Å²) in [5, 5.41) is 17.2. The predicted octanol–water partition coefficient (Wildman–Crippen LogP) is 4.99. The van der Waals surface area contributed by atoms with Gasteiger partial charge in [-0.05, 0) is 46.2 Å². The zero-order chi connectivity index (χ0) is 27.3. The number of fused-ring (bicyclic) bond motifs is 1. The van der Waals surface area contributed by atoms with Crippen molar-refractivity contribution in [2.75, 3.05) is 0 Å². The Hall–Kier alpha value is -4.79. The van der Waals surface area contributed by atoms with Crippen LogP contribution in [0.5, 0.6) is 5.75 Å². The Kier molecular flexibility index (Phi) is 7.23. The number of benzene rings is 5. The first-order valence-corrected chi connectivity index (χ1v) is 13.5. The molecule has 0 spiro atoms. The molecule has 0 fully saturated rings. The number of para-hydroxylation sites is 1. The minimum Gasteiger partial charge on any atom is -0.378 e. The van der Waals surface area contributed by atoms with E-state index in [-0.39, 0.29) is 10.6 Å². The Morgan fingerprint density at radius 1 is 0.744 bits per heavy atom. The van der Waals surface area contributed by atoms with Crippen LogP contribution >= 0.6 is 0 Å². The van der Waals surface area contributed by atoms with Crippen molar-refractivity contribution in [1.29, 1.82) is 0 Å². The van der Waals surface area contributed by atoms with Gasteiger partial charge in [0.05, 0.1) is 6.21 Å².